The van der Waals surface area contributed by atoms with Gasteiger partial charge in [0, 0.05) is 5.54 Å². The van der Waals surface area contributed by atoms with Crippen LogP contribution >= 0.6 is 0 Å². The summed E-state index contributed by atoms with van der Waals surface area (Å²) in [6.07, 6.45) is 5.68. The SMILES string of the molecule is COc1ccc(CCC(C)=CCCNC(C)(C)C)cc1. The van der Waals surface area contributed by atoms with E-state index in [0.717, 1.165) is 31.6 Å². The van der Waals surface area contributed by atoms with Crippen LogP contribution in [0.15, 0.2) is 35.9 Å². The average Bonchev–Trinajstić information content (AvgIpc) is 2.41. The van der Waals surface area contributed by atoms with E-state index >= 15 is 0 Å². The molecule has 0 aliphatic rings. The fourth-order valence-electron chi connectivity index (χ4n) is 2.00. The van der Waals surface area contributed by atoms with Crippen molar-refractivity contribution in [3.8, 4) is 5.75 Å². The molecule has 112 valence electrons. The lowest BCUT2D eigenvalue weighted by molar-refractivity contribution is 0.414. The van der Waals surface area contributed by atoms with Crippen LogP contribution in [-0.4, -0.2) is 19.2 Å². The average molecular weight is 275 g/mol. The van der Waals surface area contributed by atoms with Crippen LogP contribution in [0.4, 0.5) is 0 Å². The Kier molecular flexibility index (Phi) is 6.80. The van der Waals surface area contributed by atoms with Crippen molar-refractivity contribution >= 4 is 0 Å². The maximum atomic E-state index is 5.17. The van der Waals surface area contributed by atoms with Crippen LogP contribution in [0.25, 0.3) is 0 Å². The second kappa shape index (κ2) is 8.11. The molecule has 1 aromatic carbocycles. The quantitative estimate of drug-likeness (QED) is 0.590. The summed E-state index contributed by atoms with van der Waals surface area (Å²) in [5, 5.41) is 3.51. The second-order valence-corrected chi connectivity index (χ2v) is 6.36. The van der Waals surface area contributed by atoms with Gasteiger partial charge in [0.15, 0.2) is 0 Å². The first-order valence-electron chi connectivity index (χ1n) is 7.44. The van der Waals surface area contributed by atoms with Crippen molar-refractivity contribution in [3.05, 3.63) is 41.5 Å². The molecule has 1 rings (SSSR count). The molecule has 2 nitrogen and oxygen atoms in total. The smallest absolute Gasteiger partial charge is 0.118 e. The molecular weight excluding hydrogens is 246 g/mol. The minimum absolute atomic E-state index is 0.213. The summed E-state index contributed by atoms with van der Waals surface area (Å²) in [7, 11) is 1.70. The van der Waals surface area contributed by atoms with Gasteiger partial charge in [-0.1, -0.05) is 23.8 Å². The fraction of sp³-hybridized carbons (Fsp3) is 0.556. The van der Waals surface area contributed by atoms with E-state index in [1.807, 2.05) is 12.1 Å². The Balaban J connectivity index is 2.29. The zero-order valence-electron chi connectivity index (χ0n) is 13.6. The molecule has 0 spiro atoms. The van der Waals surface area contributed by atoms with E-state index in [2.05, 4.69) is 51.2 Å². The monoisotopic (exact) mass is 275 g/mol. The molecule has 0 bridgehead atoms. The van der Waals surface area contributed by atoms with E-state index in [1.165, 1.54) is 11.1 Å². The van der Waals surface area contributed by atoms with Crippen LogP contribution in [0, 0.1) is 0 Å². The number of nitrogens with one attached hydrogen (secondary N) is 1. The summed E-state index contributed by atoms with van der Waals surface area (Å²) in [6, 6.07) is 8.35. The van der Waals surface area contributed by atoms with Crippen molar-refractivity contribution < 1.29 is 4.74 Å². The van der Waals surface area contributed by atoms with Gasteiger partial charge in [-0.25, -0.2) is 0 Å². The zero-order valence-corrected chi connectivity index (χ0v) is 13.6. The van der Waals surface area contributed by atoms with Gasteiger partial charge in [-0.2, -0.15) is 0 Å². The van der Waals surface area contributed by atoms with E-state index in [4.69, 9.17) is 4.74 Å². The Morgan fingerprint density at radius 2 is 1.85 bits per heavy atom. The Morgan fingerprint density at radius 1 is 1.20 bits per heavy atom. The highest BCUT2D eigenvalue weighted by Crippen LogP contribution is 2.14. The Morgan fingerprint density at radius 3 is 2.40 bits per heavy atom. The van der Waals surface area contributed by atoms with Crippen molar-refractivity contribution in [2.45, 2.75) is 52.5 Å². The summed E-state index contributed by atoms with van der Waals surface area (Å²) in [5.74, 6) is 0.925. The number of ether oxygens (including phenoxy) is 1. The number of rotatable bonds is 7. The van der Waals surface area contributed by atoms with E-state index in [1.54, 1.807) is 7.11 Å². The molecule has 1 aromatic rings. The molecule has 0 saturated carbocycles. The van der Waals surface area contributed by atoms with Crippen molar-refractivity contribution in [1.82, 2.24) is 5.32 Å². The van der Waals surface area contributed by atoms with E-state index in [9.17, 15) is 0 Å². The van der Waals surface area contributed by atoms with Crippen molar-refractivity contribution in [3.63, 3.8) is 0 Å². The largest absolute Gasteiger partial charge is 0.497 e. The molecule has 0 fully saturated rings. The molecule has 0 atom stereocenters. The summed E-state index contributed by atoms with van der Waals surface area (Å²) >= 11 is 0. The first-order valence-corrected chi connectivity index (χ1v) is 7.44. The lowest BCUT2D eigenvalue weighted by Crippen LogP contribution is -2.36. The van der Waals surface area contributed by atoms with Crippen LogP contribution in [0.3, 0.4) is 0 Å². The van der Waals surface area contributed by atoms with Gasteiger partial charge >= 0.3 is 0 Å². The van der Waals surface area contributed by atoms with Crippen LogP contribution in [0.5, 0.6) is 5.75 Å². The molecule has 0 radical (unpaired) electrons. The van der Waals surface area contributed by atoms with Gasteiger partial charge in [0.05, 0.1) is 7.11 Å². The van der Waals surface area contributed by atoms with E-state index in [-0.39, 0.29) is 5.54 Å². The summed E-state index contributed by atoms with van der Waals surface area (Å²) in [6.45, 7) is 9.87. The lowest BCUT2D eigenvalue weighted by atomic mass is 10.0. The topological polar surface area (TPSA) is 21.3 Å². The highest BCUT2D eigenvalue weighted by atomic mass is 16.5. The first-order chi connectivity index (χ1) is 9.40. The third-order valence-corrected chi connectivity index (χ3v) is 3.26. The Labute approximate surface area is 124 Å². The Bertz CT molecular complexity index is 412. The predicted octanol–water partition coefficient (Wildman–Crippen LogP) is 4.35. The maximum absolute atomic E-state index is 5.17. The number of methoxy groups -OCH3 is 1. The van der Waals surface area contributed by atoms with Crippen LogP contribution in [-0.2, 0) is 6.42 Å². The predicted molar refractivity (Wildman–Crippen MR) is 87.4 cm³/mol. The Hall–Kier alpha value is -1.28. The molecule has 0 amide bonds. The maximum Gasteiger partial charge on any atom is 0.118 e. The second-order valence-electron chi connectivity index (χ2n) is 6.36. The summed E-state index contributed by atoms with van der Waals surface area (Å²) in [5.41, 5.74) is 3.05. The molecule has 0 heterocycles. The van der Waals surface area contributed by atoms with E-state index in [0.29, 0.717) is 0 Å². The molecule has 20 heavy (non-hydrogen) atoms. The van der Waals surface area contributed by atoms with Crippen LogP contribution in [0.2, 0.25) is 0 Å². The fourth-order valence-corrected chi connectivity index (χ4v) is 2.00. The van der Waals surface area contributed by atoms with Gasteiger partial charge in [0.2, 0.25) is 0 Å². The molecular formula is C18H29NO. The van der Waals surface area contributed by atoms with Gasteiger partial charge in [0.1, 0.15) is 5.75 Å². The number of hydrogen-bond donors (Lipinski definition) is 1. The lowest BCUT2D eigenvalue weighted by Gasteiger charge is -2.19. The number of aryl methyl sites for hydroxylation is 1. The minimum atomic E-state index is 0.213. The van der Waals surface area contributed by atoms with Gasteiger partial charge in [0.25, 0.3) is 0 Å². The molecule has 1 N–H and O–H groups in total. The van der Waals surface area contributed by atoms with Crippen LogP contribution < -0.4 is 10.1 Å². The molecule has 0 aliphatic heterocycles. The normalized spacial score (nSPS) is 12.6. The molecule has 0 aliphatic carbocycles. The highest BCUT2D eigenvalue weighted by molar-refractivity contribution is 5.27. The molecule has 2 heteroatoms. The standard InChI is InChI=1S/C18H29NO/c1-15(7-6-14-19-18(2,3)4)8-9-16-10-12-17(20-5)13-11-16/h7,10-13,19H,6,8-9,14H2,1-5H3. The number of allylic oxidation sites excluding steroid dienone is 1. The van der Waals surface area contributed by atoms with Gasteiger partial charge < -0.3 is 10.1 Å². The number of hydrogen-bond acceptors (Lipinski definition) is 2. The zero-order chi connectivity index (χ0) is 15.0. The third kappa shape index (κ3) is 7.34. The van der Waals surface area contributed by atoms with Gasteiger partial charge in [-0.3, -0.25) is 0 Å². The molecule has 0 aromatic heterocycles. The van der Waals surface area contributed by atoms with Crippen molar-refractivity contribution in [2.75, 3.05) is 13.7 Å². The van der Waals surface area contributed by atoms with E-state index < -0.39 is 0 Å². The number of benzene rings is 1. The minimum Gasteiger partial charge on any atom is -0.497 e. The van der Waals surface area contributed by atoms with Gasteiger partial charge in [-0.05, 0) is 71.2 Å². The van der Waals surface area contributed by atoms with Crippen molar-refractivity contribution in [1.29, 1.82) is 0 Å². The summed E-state index contributed by atoms with van der Waals surface area (Å²) < 4.78 is 5.17. The molecule has 0 unspecified atom stereocenters. The van der Waals surface area contributed by atoms with Crippen molar-refractivity contribution in [2.24, 2.45) is 0 Å². The first kappa shape index (κ1) is 16.8. The van der Waals surface area contributed by atoms with Gasteiger partial charge in [-0.15, -0.1) is 0 Å². The summed E-state index contributed by atoms with van der Waals surface area (Å²) in [4.78, 5) is 0. The molecule has 0 saturated heterocycles. The highest BCUT2D eigenvalue weighted by Gasteiger charge is 2.06. The van der Waals surface area contributed by atoms with Crippen LogP contribution in [0.1, 0.15) is 46.1 Å². The third-order valence-electron chi connectivity index (χ3n) is 3.26.